The average molecular weight is 415 g/mol. The minimum absolute atomic E-state index is 0.201. The summed E-state index contributed by atoms with van der Waals surface area (Å²) in [5.74, 6) is 1.25. The number of nitrogens with zero attached hydrogens (tertiary/aromatic N) is 2. The molecule has 140 valence electrons. The Bertz CT molecular complexity index is 1070. The lowest BCUT2D eigenvalue weighted by Crippen LogP contribution is -2.19. The minimum atomic E-state index is -3.79. The Morgan fingerprint density at radius 2 is 1.85 bits per heavy atom. The van der Waals surface area contributed by atoms with Crippen LogP contribution in [-0.2, 0) is 21.3 Å². The van der Waals surface area contributed by atoms with E-state index in [0.717, 1.165) is 21.6 Å². The van der Waals surface area contributed by atoms with Crippen LogP contribution in [0.25, 0.3) is 10.2 Å². The molecule has 10 heteroatoms. The van der Waals surface area contributed by atoms with E-state index in [4.69, 9.17) is 14.2 Å². The summed E-state index contributed by atoms with van der Waals surface area (Å²) in [6.45, 7) is 0.831. The molecule has 1 aromatic carbocycles. The number of sulfonamides is 1. The summed E-state index contributed by atoms with van der Waals surface area (Å²) in [7, 11) is 0.933. The third-order valence-corrected chi connectivity index (χ3v) is 7.51. The molecular formula is C16H18N2O5S3. The van der Waals surface area contributed by atoms with Gasteiger partial charge in [0.2, 0.25) is 4.80 Å². The van der Waals surface area contributed by atoms with Crippen molar-refractivity contribution in [1.82, 2.24) is 4.57 Å². The largest absolute Gasteiger partial charge is 0.495 e. The van der Waals surface area contributed by atoms with E-state index in [1.807, 2.05) is 0 Å². The summed E-state index contributed by atoms with van der Waals surface area (Å²) >= 11 is 2.38. The van der Waals surface area contributed by atoms with E-state index in [1.165, 1.54) is 17.4 Å². The van der Waals surface area contributed by atoms with Gasteiger partial charge >= 0.3 is 0 Å². The standard InChI is InChI=1S/C16H18N2O5S3/c1-21-9-8-18-14-11(22-2)6-7-12(23-3)15(14)25-16(18)17-26(19,20)13-5-4-10-24-13/h4-7,10H,8-9H2,1-3H3. The number of aromatic nitrogens is 1. The average Bonchev–Trinajstić information content (AvgIpc) is 3.27. The van der Waals surface area contributed by atoms with Crippen molar-refractivity contribution >= 4 is 42.9 Å². The first kappa shape index (κ1) is 18.9. The summed E-state index contributed by atoms with van der Waals surface area (Å²) < 4.78 is 48.1. The molecule has 0 aliphatic rings. The molecule has 0 aliphatic heterocycles. The number of thiophene rings is 1. The number of methoxy groups -OCH3 is 3. The highest BCUT2D eigenvalue weighted by molar-refractivity contribution is 7.92. The monoisotopic (exact) mass is 414 g/mol. The zero-order valence-electron chi connectivity index (χ0n) is 14.5. The fraction of sp³-hybridized carbons (Fsp3) is 0.312. The second-order valence-corrected chi connectivity index (χ2v) is 8.93. The van der Waals surface area contributed by atoms with Gasteiger partial charge in [0.05, 0.1) is 20.8 Å². The maximum Gasteiger partial charge on any atom is 0.294 e. The van der Waals surface area contributed by atoms with E-state index in [2.05, 4.69) is 4.40 Å². The van der Waals surface area contributed by atoms with E-state index in [1.54, 1.807) is 49.5 Å². The maximum atomic E-state index is 12.6. The molecule has 0 fully saturated rings. The van der Waals surface area contributed by atoms with Gasteiger partial charge in [-0.05, 0) is 23.6 Å². The Morgan fingerprint density at radius 3 is 2.46 bits per heavy atom. The quantitative estimate of drug-likeness (QED) is 0.594. The fourth-order valence-electron chi connectivity index (χ4n) is 2.47. The topological polar surface area (TPSA) is 79.1 Å². The van der Waals surface area contributed by atoms with Crippen LogP contribution in [0.4, 0.5) is 0 Å². The van der Waals surface area contributed by atoms with Crippen molar-refractivity contribution in [2.45, 2.75) is 10.8 Å². The van der Waals surface area contributed by atoms with Crippen molar-refractivity contribution in [3.8, 4) is 11.5 Å². The van der Waals surface area contributed by atoms with Crippen molar-refractivity contribution in [3.05, 3.63) is 34.4 Å². The second-order valence-electron chi connectivity index (χ2n) is 5.18. The van der Waals surface area contributed by atoms with Crippen molar-refractivity contribution in [1.29, 1.82) is 0 Å². The molecule has 2 aromatic heterocycles. The predicted octanol–water partition coefficient (Wildman–Crippen LogP) is 2.72. The predicted molar refractivity (Wildman–Crippen MR) is 102 cm³/mol. The highest BCUT2D eigenvalue weighted by Gasteiger charge is 2.19. The molecule has 0 saturated carbocycles. The van der Waals surface area contributed by atoms with Crippen molar-refractivity contribution in [2.24, 2.45) is 4.40 Å². The molecule has 0 aliphatic carbocycles. The third kappa shape index (κ3) is 3.50. The number of hydrogen-bond acceptors (Lipinski definition) is 7. The minimum Gasteiger partial charge on any atom is -0.495 e. The smallest absolute Gasteiger partial charge is 0.294 e. The van der Waals surface area contributed by atoms with E-state index in [0.29, 0.717) is 29.5 Å². The Labute approximate surface area is 159 Å². The van der Waals surface area contributed by atoms with Crippen LogP contribution in [0.2, 0.25) is 0 Å². The molecule has 0 amide bonds. The summed E-state index contributed by atoms with van der Waals surface area (Å²) in [5, 5.41) is 1.71. The number of ether oxygens (including phenoxy) is 3. The zero-order valence-corrected chi connectivity index (χ0v) is 16.9. The van der Waals surface area contributed by atoms with Crippen LogP contribution in [-0.4, -0.2) is 40.9 Å². The van der Waals surface area contributed by atoms with Crippen molar-refractivity contribution in [2.75, 3.05) is 27.9 Å². The summed E-state index contributed by atoms with van der Waals surface area (Å²) in [6, 6.07) is 6.80. The van der Waals surface area contributed by atoms with Gasteiger partial charge in [-0.1, -0.05) is 17.4 Å². The van der Waals surface area contributed by atoms with E-state index in [-0.39, 0.29) is 4.21 Å². The molecule has 0 N–H and O–H groups in total. The molecular weight excluding hydrogens is 396 g/mol. The molecule has 0 atom stereocenters. The maximum absolute atomic E-state index is 12.6. The normalized spacial score (nSPS) is 12.7. The van der Waals surface area contributed by atoms with E-state index >= 15 is 0 Å². The van der Waals surface area contributed by atoms with Crippen LogP contribution < -0.4 is 14.3 Å². The first-order valence-corrected chi connectivity index (χ1v) is 10.7. The van der Waals surface area contributed by atoms with Gasteiger partial charge < -0.3 is 18.8 Å². The third-order valence-electron chi connectivity index (χ3n) is 3.66. The Morgan fingerprint density at radius 1 is 1.12 bits per heavy atom. The lowest BCUT2D eigenvalue weighted by molar-refractivity contribution is 0.187. The zero-order chi connectivity index (χ0) is 18.7. The van der Waals surface area contributed by atoms with Crippen LogP contribution >= 0.6 is 22.7 Å². The van der Waals surface area contributed by atoms with Gasteiger partial charge in [0, 0.05) is 13.7 Å². The highest BCUT2D eigenvalue weighted by Crippen LogP contribution is 2.35. The Balaban J connectivity index is 2.32. The molecule has 2 heterocycles. The lowest BCUT2D eigenvalue weighted by Gasteiger charge is -2.09. The van der Waals surface area contributed by atoms with Gasteiger partial charge in [0.25, 0.3) is 10.0 Å². The van der Waals surface area contributed by atoms with E-state index in [9.17, 15) is 8.42 Å². The molecule has 3 rings (SSSR count). The van der Waals surface area contributed by atoms with Crippen LogP contribution in [0.15, 0.2) is 38.3 Å². The molecule has 7 nitrogen and oxygen atoms in total. The summed E-state index contributed by atoms with van der Waals surface area (Å²) in [4.78, 5) is 0.341. The van der Waals surface area contributed by atoms with Crippen LogP contribution in [0.3, 0.4) is 0 Å². The van der Waals surface area contributed by atoms with Crippen LogP contribution in [0.1, 0.15) is 0 Å². The first-order valence-electron chi connectivity index (χ1n) is 7.59. The summed E-state index contributed by atoms with van der Waals surface area (Å²) in [6.07, 6.45) is 0. The molecule has 0 saturated heterocycles. The number of thiazole rings is 1. The number of rotatable bonds is 7. The van der Waals surface area contributed by atoms with Crippen molar-refractivity contribution < 1.29 is 22.6 Å². The Kier molecular flexibility index (Phi) is 5.66. The highest BCUT2D eigenvalue weighted by atomic mass is 32.2. The van der Waals surface area contributed by atoms with E-state index < -0.39 is 10.0 Å². The molecule has 0 bridgehead atoms. The van der Waals surface area contributed by atoms with Crippen LogP contribution in [0, 0.1) is 0 Å². The number of fused-ring (bicyclic) bond motifs is 1. The molecule has 0 radical (unpaired) electrons. The molecule has 0 spiro atoms. The first-order chi connectivity index (χ1) is 12.5. The van der Waals surface area contributed by atoms with Gasteiger partial charge in [0.1, 0.15) is 25.9 Å². The lowest BCUT2D eigenvalue weighted by atomic mass is 10.3. The molecule has 26 heavy (non-hydrogen) atoms. The molecule has 0 unspecified atom stereocenters. The number of hydrogen-bond donors (Lipinski definition) is 0. The van der Waals surface area contributed by atoms with Gasteiger partial charge in [-0.25, -0.2) is 0 Å². The van der Waals surface area contributed by atoms with Gasteiger partial charge in [-0.3, -0.25) is 0 Å². The van der Waals surface area contributed by atoms with Crippen LogP contribution in [0.5, 0.6) is 11.5 Å². The van der Waals surface area contributed by atoms with Crippen molar-refractivity contribution in [3.63, 3.8) is 0 Å². The van der Waals surface area contributed by atoms with Gasteiger partial charge in [0.15, 0.2) is 0 Å². The van der Waals surface area contributed by atoms with Gasteiger partial charge in [-0.15, -0.1) is 15.7 Å². The second kappa shape index (κ2) is 7.78. The summed E-state index contributed by atoms with van der Waals surface area (Å²) in [5.41, 5.74) is 0.731. The van der Waals surface area contributed by atoms with Gasteiger partial charge in [-0.2, -0.15) is 8.42 Å². The number of benzene rings is 1. The molecule has 3 aromatic rings. The fourth-order valence-corrected chi connectivity index (χ4v) is 5.81. The Hall–Kier alpha value is -1.88. The SMILES string of the molecule is COCCn1c(=NS(=O)(=O)c2cccs2)sc2c(OC)ccc(OC)c21.